The summed E-state index contributed by atoms with van der Waals surface area (Å²) in [5.41, 5.74) is 0.380. The van der Waals surface area contributed by atoms with Crippen LogP contribution in [0.15, 0.2) is 35.1 Å². The summed E-state index contributed by atoms with van der Waals surface area (Å²) in [5, 5.41) is 14.0. The molecule has 1 N–H and O–H groups in total. The number of hydrogen-bond donors (Lipinski definition) is 1. The molecule has 88 valence electrons. The lowest BCUT2D eigenvalue weighted by Crippen LogP contribution is -2.21. The van der Waals surface area contributed by atoms with Gasteiger partial charge in [-0.2, -0.15) is 9.78 Å². The van der Waals surface area contributed by atoms with Crippen molar-refractivity contribution in [2.45, 2.75) is 5.88 Å². The normalized spacial score (nSPS) is 10.5. The molecule has 17 heavy (non-hydrogen) atoms. The maximum atomic E-state index is 11.7. The van der Waals surface area contributed by atoms with Crippen molar-refractivity contribution in [2.24, 2.45) is 0 Å². The molecule has 1 aromatic heterocycles. The fourth-order valence-electron chi connectivity index (χ4n) is 1.35. The monoisotopic (exact) mass is 270 g/mol. The molecule has 1 aromatic carbocycles. The zero-order valence-corrected chi connectivity index (χ0v) is 10.1. The zero-order valence-electron chi connectivity index (χ0n) is 8.60. The van der Waals surface area contributed by atoms with Gasteiger partial charge in [0.2, 0.25) is 0 Å². The Labute approximate surface area is 107 Å². The number of benzene rings is 1. The van der Waals surface area contributed by atoms with Crippen LogP contribution in [0.4, 0.5) is 0 Å². The summed E-state index contributed by atoms with van der Waals surface area (Å²) in [6, 6.07) is 7.70. The van der Waals surface area contributed by atoms with Crippen LogP contribution in [-0.2, 0) is 5.88 Å². The van der Waals surface area contributed by atoms with Gasteiger partial charge in [0.05, 0.1) is 11.6 Å². The van der Waals surface area contributed by atoms with Gasteiger partial charge in [0.1, 0.15) is 11.4 Å². The van der Waals surface area contributed by atoms with E-state index in [2.05, 4.69) is 5.10 Å². The van der Waals surface area contributed by atoms with E-state index in [1.807, 2.05) is 0 Å². The van der Waals surface area contributed by atoms with Gasteiger partial charge in [0.25, 0.3) is 5.56 Å². The Morgan fingerprint density at radius 2 is 1.94 bits per heavy atom. The molecule has 2 rings (SSSR count). The van der Waals surface area contributed by atoms with Crippen molar-refractivity contribution in [3.8, 4) is 11.4 Å². The van der Waals surface area contributed by atoms with E-state index in [-0.39, 0.29) is 17.3 Å². The molecule has 6 heteroatoms. The third kappa shape index (κ3) is 2.43. The van der Waals surface area contributed by atoms with E-state index in [0.29, 0.717) is 10.7 Å². The Bertz CT molecular complexity index is 593. The number of aromatic hydroxyl groups is 1. The fourth-order valence-corrected chi connectivity index (χ4v) is 1.66. The second-order valence-electron chi connectivity index (χ2n) is 3.34. The van der Waals surface area contributed by atoms with Gasteiger partial charge >= 0.3 is 0 Å². The molecule has 0 bridgehead atoms. The van der Waals surface area contributed by atoms with Gasteiger partial charge in [-0.25, -0.2) is 0 Å². The van der Waals surface area contributed by atoms with Crippen molar-refractivity contribution in [1.29, 1.82) is 0 Å². The van der Waals surface area contributed by atoms with E-state index in [1.165, 1.54) is 0 Å². The maximum absolute atomic E-state index is 11.7. The van der Waals surface area contributed by atoms with Crippen LogP contribution in [-0.4, -0.2) is 14.9 Å². The standard InChI is InChI=1S/C11H8Cl2N2O2/c12-6-9-10(16)5-11(17)15(14-9)8-3-1-7(13)2-4-8/h1-5,16H,6H2. The third-order valence-corrected chi connectivity index (χ3v) is 2.69. The van der Waals surface area contributed by atoms with E-state index < -0.39 is 5.56 Å². The topological polar surface area (TPSA) is 55.1 Å². The molecule has 0 saturated heterocycles. The van der Waals surface area contributed by atoms with Gasteiger partial charge < -0.3 is 5.11 Å². The molecule has 4 nitrogen and oxygen atoms in total. The Morgan fingerprint density at radius 1 is 1.29 bits per heavy atom. The molecule has 0 fully saturated rings. The molecule has 0 amide bonds. The molecule has 0 aliphatic heterocycles. The fraction of sp³-hybridized carbons (Fsp3) is 0.0909. The summed E-state index contributed by atoms with van der Waals surface area (Å²) in [6.45, 7) is 0. The Morgan fingerprint density at radius 3 is 2.53 bits per heavy atom. The summed E-state index contributed by atoms with van der Waals surface area (Å²) in [5.74, 6) is -0.171. The largest absolute Gasteiger partial charge is 0.506 e. The van der Waals surface area contributed by atoms with Gasteiger partial charge in [0.15, 0.2) is 0 Å². The number of alkyl halides is 1. The first-order chi connectivity index (χ1) is 8.11. The average Bonchev–Trinajstić information content (AvgIpc) is 2.31. The van der Waals surface area contributed by atoms with E-state index in [4.69, 9.17) is 23.2 Å². The van der Waals surface area contributed by atoms with Crippen LogP contribution in [0.2, 0.25) is 5.02 Å². The summed E-state index contributed by atoms with van der Waals surface area (Å²) in [4.78, 5) is 11.7. The first-order valence-corrected chi connectivity index (χ1v) is 5.67. The molecular formula is C11H8Cl2N2O2. The Hall–Kier alpha value is -1.52. The highest BCUT2D eigenvalue weighted by atomic mass is 35.5. The van der Waals surface area contributed by atoms with Gasteiger partial charge in [-0.15, -0.1) is 11.6 Å². The summed E-state index contributed by atoms with van der Waals surface area (Å²) in [6.07, 6.45) is 0. The quantitative estimate of drug-likeness (QED) is 0.853. The zero-order chi connectivity index (χ0) is 12.4. The predicted octanol–water partition coefficient (Wildman–Crippen LogP) is 2.33. The highest BCUT2D eigenvalue weighted by Crippen LogP contribution is 2.15. The van der Waals surface area contributed by atoms with Crippen molar-refractivity contribution < 1.29 is 5.11 Å². The number of rotatable bonds is 2. The van der Waals surface area contributed by atoms with Crippen LogP contribution in [0, 0.1) is 0 Å². The molecule has 0 spiro atoms. The molecule has 0 radical (unpaired) electrons. The second-order valence-corrected chi connectivity index (χ2v) is 4.04. The van der Waals surface area contributed by atoms with Gasteiger partial charge in [-0.05, 0) is 24.3 Å². The minimum absolute atomic E-state index is 0.0275. The van der Waals surface area contributed by atoms with Crippen LogP contribution in [0.5, 0.6) is 5.75 Å². The molecular weight excluding hydrogens is 263 g/mol. The van der Waals surface area contributed by atoms with E-state index >= 15 is 0 Å². The lowest BCUT2D eigenvalue weighted by atomic mass is 10.3. The van der Waals surface area contributed by atoms with Crippen LogP contribution in [0.1, 0.15) is 5.69 Å². The lowest BCUT2D eigenvalue weighted by Gasteiger charge is -2.07. The highest BCUT2D eigenvalue weighted by Gasteiger charge is 2.08. The van der Waals surface area contributed by atoms with Crippen molar-refractivity contribution in [3.63, 3.8) is 0 Å². The van der Waals surface area contributed by atoms with Crippen molar-refractivity contribution in [2.75, 3.05) is 0 Å². The second kappa shape index (κ2) is 4.77. The molecule has 0 unspecified atom stereocenters. The summed E-state index contributed by atoms with van der Waals surface area (Å²) >= 11 is 11.4. The van der Waals surface area contributed by atoms with Crippen LogP contribution < -0.4 is 5.56 Å². The Kier molecular flexibility index (Phi) is 3.36. The predicted molar refractivity (Wildman–Crippen MR) is 66.1 cm³/mol. The van der Waals surface area contributed by atoms with E-state index in [1.54, 1.807) is 24.3 Å². The molecule has 0 aliphatic carbocycles. The van der Waals surface area contributed by atoms with E-state index in [0.717, 1.165) is 10.7 Å². The highest BCUT2D eigenvalue weighted by molar-refractivity contribution is 6.30. The van der Waals surface area contributed by atoms with Gasteiger partial charge in [0, 0.05) is 11.1 Å². The SMILES string of the molecule is O=c1cc(O)c(CCl)nn1-c1ccc(Cl)cc1. The number of hydrogen-bond acceptors (Lipinski definition) is 3. The molecule has 1 heterocycles. The van der Waals surface area contributed by atoms with Crippen molar-refractivity contribution in [3.05, 3.63) is 51.4 Å². The first-order valence-electron chi connectivity index (χ1n) is 4.76. The lowest BCUT2D eigenvalue weighted by molar-refractivity contribution is 0.460. The van der Waals surface area contributed by atoms with Crippen LogP contribution in [0.3, 0.4) is 0 Å². The van der Waals surface area contributed by atoms with Crippen LogP contribution >= 0.6 is 23.2 Å². The molecule has 0 atom stereocenters. The first kappa shape index (κ1) is 12.0. The number of halogens is 2. The average molecular weight is 271 g/mol. The maximum Gasteiger partial charge on any atom is 0.275 e. The van der Waals surface area contributed by atoms with Crippen LogP contribution in [0.25, 0.3) is 5.69 Å². The smallest absolute Gasteiger partial charge is 0.275 e. The number of nitrogens with zero attached hydrogens (tertiary/aromatic N) is 2. The molecule has 0 aliphatic rings. The third-order valence-electron chi connectivity index (χ3n) is 2.18. The minimum atomic E-state index is -0.432. The van der Waals surface area contributed by atoms with E-state index in [9.17, 15) is 9.90 Å². The van der Waals surface area contributed by atoms with Gasteiger partial charge in [-0.3, -0.25) is 4.79 Å². The summed E-state index contributed by atoms with van der Waals surface area (Å²) < 4.78 is 1.16. The minimum Gasteiger partial charge on any atom is -0.506 e. The number of aromatic nitrogens is 2. The summed E-state index contributed by atoms with van der Waals surface area (Å²) in [7, 11) is 0. The van der Waals surface area contributed by atoms with Crippen molar-refractivity contribution >= 4 is 23.2 Å². The Balaban J connectivity index is 2.59. The molecule has 0 saturated carbocycles. The molecule has 2 aromatic rings. The van der Waals surface area contributed by atoms with Gasteiger partial charge in [-0.1, -0.05) is 11.6 Å². The van der Waals surface area contributed by atoms with Crippen molar-refractivity contribution in [1.82, 2.24) is 9.78 Å².